The van der Waals surface area contributed by atoms with Gasteiger partial charge in [0.25, 0.3) is 10.0 Å². The van der Waals surface area contributed by atoms with Crippen LogP contribution in [0.25, 0.3) is 10.9 Å². The molecule has 1 amide bonds. The van der Waals surface area contributed by atoms with Gasteiger partial charge >= 0.3 is 12.1 Å². The van der Waals surface area contributed by atoms with Crippen LogP contribution in [0, 0.1) is 11.8 Å². The van der Waals surface area contributed by atoms with E-state index in [1.165, 1.54) is 30.6 Å². The Kier molecular flexibility index (Phi) is 12.3. The molecule has 13 nitrogen and oxygen atoms in total. The van der Waals surface area contributed by atoms with Gasteiger partial charge in [-0.1, -0.05) is 30.0 Å². The van der Waals surface area contributed by atoms with Gasteiger partial charge in [-0.3, -0.25) is 9.71 Å². The average Bonchev–Trinajstić information content (AvgIpc) is 3.04. The molecular weight excluding hydrogens is 640 g/mol. The molecule has 0 saturated heterocycles. The number of carboxylic acids is 1. The zero-order valence-electron chi connectivity index (χ0n) is 26.7. The molecule has 2 aromatic heterocycles. The minimum Gasteiger partial charge on any atom is -0.491 e. The van der Waals surface area contributed by atoms with Crippen molar-refractivity contribution >= 4 is 38.7 Å². The van der Waals surface area contributed by atoms with E-state index in [4.69, 9.17) is 24.1 Å². The lowest BCUT2D eigenvalue weighted by Crippen LogP contribution is -2.34. The standard InChI is InChI=1S/C34H36N4O9S/c1-34(2,3)47-33(41)36-16-17-44-18-19-45-20-21-46-27-12-14-28(26(22-27)11-9-24-10-13-29(32(39)40)37-23-24)38-48(42,43)30-8-4-6-25-7-5-15-35-31(25)30/h4-8,10,12-15,22-23,38H,16-21H2,1-3H3,(H,36,41)(H,39,40). The highest BCUT2D eigenvalue weighted by molar-refractivity contribution is 7.93. The van der Waals surface area contributed by atoms with E-state index in [2.05, 4.69) is 31.8 Å². The molecule has 0 unspecified atom stereocenters. The number of hydrogen-bond acceptors (Lipinski definition) is 10. The Morgan fingerprint density at radius 3 is 2.38 bits per heavy atom. The molecule has 0 atom stereocenters. The number of pyridine rings is 2. The predicted molar refractivity (Wildman–Crippen MR) is 178 cm³/mol. The molecule has 4 aromatic rings. The second kappa shape index (κ2) is 16.6. The number of aromatic carboxylic acids is 1. The van der Waals surface area contributed by atoms with Crippen molar-refractivity contribution in [2.24, 2.45) is 0 Å². The van der Waals surface area contributed by atoms with Gasteiger partial charge in [0.1, 0.15) is 28.5 Å². The molecule has 0 saturated carbocycles. The summed E-state index contributed by atoms with van der Waals surface area (Å²) in [6.07, 6.45) is 2.34. The van der Waals surface area contributed by atoms with Crippen LogP contribution in [0.15, 0.2) is 78.0 Å². The molecule has 14 heteroatoms. The number of benzene rings is 2. The molecule has 2 heterocycles. The van der Waals surface area contributed by atoms with E-state index in [9.17, 15) is 18.0 Å². The maximum Gasteiger partial charge on any atom is 0.407 e. The number of aromatic nitrogens is 2. The smallest absolute Gasteiger partial charge is 0.407 e. The maximum atomic E-state index is 13.5. The molecule has 4 rings (SSSR count). The first-order valence-electron chi connectivity index (χ1n) is 14.9. The largest absolute Gasteiger partial charge is 0.491 e. The summed E-state index contributed by atoms with van der Waals surface area (Å²) in [6.45, 7) is 7.04. The number of nitrogens with zero attached hydrogens (tertiary/aromatic N) is 2. The molecule has 48 heavy (non-hydrogen) atoms. The van der Waals surface area contributed by atoms with Crippen LogP contribution in [-0.4, -0.2) is 80.7 Å². The summed E-state index contributed by atoms with van der Waals surface area (Å²) in [6, 6.07) is 16.0. The summed E-state index contributed by atoms with van der Waals surface area (Å²) in [5, 5.41) is 12.4. The third-order valence-electron chi connectivity index (χ3n) is 6.23. The fraction of sp³-hybridized carbons (Fsp3) is 0.294. The molecule has 0 radical (unpaired) electrons. The van der Waals surface area contributed by atoms with Crippen molar-refractivity contribution in [1.82, 2.24) is 15.3 Å². The van der Waals surface area contributed by atoms with Crippen LogP contribution >= 0.6 is 0 Å². The topological polar surface area (TPSA) is 175 Å². The maximum absolute atomic E-state index is 13.5. The molecule has 0 fully saturated rings. The predicted octanol–water partition coefficient (Wildman–Crippen LogP) is 4.47. The van der Waals surface area contributed by atoms with Gasteiger partial charge < -0.3 is 29.4 Å². The van der Waals surface area contributed by atoms with Crippen molar-refractivity contribution in [3.8, 4) is 17.6 Å². The van der Waals surface area contributed by atoms with Gasteiger partial charge in [-0.05, 0) is 63.2 Å². The minimum atomic E-state index is -4.08. The van der Waals surface area contributed by atoms with Crippen LogP contribution in [-0.2, 0) is 24.2 Å². The van der Waals surface area contributed by atoms with Gasteiger partial charge in [0.15, 0.2) is 0 Å². The molecule has 2 aromatic carbocycles. The van der Waals surface area contributed by atoms with Gasteiger partial charge in [-0.15, -0.1) is 0 Å². The summed E-state index contributed by atoms with van der Waals surface area (Å²) in [7, 11) is -4.08. The molecule has 0 aliphatic rings. The number of rotatable bonds is 14. The van der Waals surface area contributed by atoms with Crippen molar-refractivity contribution in [2.45, 2.75) is 31.3 Å². The van der Waals surface area contributed by atoms with E-state index in [0.717, 1.165) is 0 Å². The van der Waals surface area contributed by atoms with Crippen LogP contribution in [0.4, 0.5) is 10.5 Å². The van der Waals surface area contributed by atoms with Crippen molar-refractivity contribution in [3.63, 3.8) is 0 Å². The highest BCUT2D eigenvalue weighted by Crippen LogP contribution is 2.27. The number of fused-ring (bicyclic) bond motifs is 1. The normalized spacial score (nSPS) is 11.3. The Morgan fingerprint density at radius 2 is 1.65 bits per heavy atom. The molecule has 0 aliphatic carbocycles. The first-order valence-corrected chi connectivity index (χ1v) is 16.4. The SMILES string of the molecule is CC(C)(C)OC(=O)NCCOCCOCCOc1ccc(NS(=O)(=O)c2cccc3cccnc23)c(C#Cc2ccc(C(=O)O)nc2)c1. The Morgan fingerprint density at radius 1 is 0.896 bits per heavy atom. The molecule has 252 valence electrons. The molecule has 0 bridgehead atoms. The number of hydrogen-bond donors (Lipinski definition) is 3. The van der Waals surface area contributed by atoms with Crippen LogP contribution in [0.3, 0.4) is 0 Å². The number of para-hydroxylation sites is 1. The van der Waals surface area contributed by atoms with E-state index in [0.29, 0.717) is 54.1 Å². The summed E-state index contributed by atoms with van der Waals surface area (Å²) in [4.78, 5) is 30.9. The van der Waals surface area contributed by atoms with E-state index >= 15 is 0 Å². The van der Waals surface area contributed by atoms with E-state index in [1.54, 1.807) is 63.2 Å². The lowest BCUT2D eigenvalue weighted by Gasteiger charge is -2.19. The average molecular weight is 677 g/mol. The Hall–Kier alpha value is -5.23. The second-order valence-electron chi connectivity index (χ2n) is 11.1. The van der Waals surface area contributed by atoms with Crippen molar-refractivity contribution in [1.29, 1.82) is 0 Å². The number of alkyl carbamates (subject to hydrolysis) is 1. The highest BCUT2D eigenvalue weighted by atomic mass is 32.2. The summed E-state index contributed by atoms with van der Waals surface area (Å²) < 4.78 is 51.6. The molecule has 0 aliphatic heterocycles. The van der Waals surface area contributed by atoms with E-state index in [1.807, 2.05) is 0 Å². The number of carbonyl (C=O) groups is 2. The van der Waals surface area contributed by atoms with Gasteiger partial charge in [0, 0.05) is 29.9 Å². The Balaban J connectivity index is 1.38. The fourth-order valence-electron chi connectivity index (χ4n) is 4.11. The van der Waals surface area contributed by atoms with Crippen molar-refractivity contribution in [3.05, 3.63) is 89.9 Å². The number of carboxylic acid groups (broad SMARTS) is 1. The second-order valence-corrected chi connectivity index (χ2v) is 12.8. The zero-order valence-corrected chi connectivity index (χ0v) is 27.5. The molecular formula is C34H36N4O9S. The van der Waals surface area contributed by atoms with E-state index < -0.39 is 27.7 Å². The highest BCUT2D eigenvalue weighted by Gasteiger charge is 2.20. The van der Waals surface area contributed by atoms with Crippen molar-refractivity contribution < 1.29 is 42.1 Å². The summed E-state index contributed by atoms with van der Waals surface area (Å²) >= 11 is 0. The third kappa shape index (κ3) is 10.9. The van der Waals surface area contributed by atoms with Gasteiger partial charge in [-0.2, -0.15) is 0 Å². The van der Waals surface area contributed by atoms with Gasteiger partial charge in [-0.25, -0.2) is 23.0 Å². The fourth-order valence-corrected chi connectivity index (χ4v) is 5.37. The third-order valence-corrected chi connectivity index (χ3v) is 7.62. The Bertz CT molecular complexity index is 1890. The van der Waals surface area contributed by atoms with Gasteiger partial charge in [0.05, 0.1) is 43.2 Å². The van der Waals surface area contributed by atoms with Crippen LogP contribution < -0.4 is 14.8 Å². The number of sulfonamides is 1. The Labute approximate surface area is 278 Å². The number of amides is 1. The van der Waals surface area contributed by atoms with Crippen LogP contribution in [0.1, 0.15) is 42.4 Å². The summed E-state index contributed by atoms with van der Waals surface area (Å²) in [5.74, 6) is 5.09. The molecule has 3 N–H and O–H groups in total. The zero-order chi connectivity index (χ0) is 34.6. The van der Waals surface area contributed by atoms with Gasteiger partial charge in [0.2, 0.25) is 0 Å². The van der Waals surface area contributed by atoms with E-state index in [-0.39, 0.29) is 29.5 Å². The minimum absolute atomic E-state index is 0.00808. The first kappa shape index (κ1) is 35.6. The van der Waals surface area contributed by atoms with Crippen LogP contribution in [0.2, 0.25) is 0 Å². The monoisotopic (exact) mass is 676 g/mol. The first-order chi connectivity index (χ1) is 22.9. The van der Waals surface area contributed by atoms with Crippen LogP contribution in [0.5, 0.6) is 5.75 Å². The number of ether oxygens (including phenoxy) is 4. The number of carbonyl (C=O) groups excluding carboxylic acids is 1. The molecule has 0 spiro atoms. The number of anilines is 1. The lowest BCUT2D eigenvalue weighted by molar-refractivity contribution is 0.0327. The van der Waals surface area contributed by atoms with Crippen molar-refractivity contribution in [2.75, 3.05) is 44.3 Å². The summed E-state index contributed by atoms with van der Waals surface area (Å²) in [5.41, 5.74) is 0.563. The quantitative estimate of drug-likeness (QED) is 0.127. The number of nitrogens with one attached hydrogen (secondary N) is 2. The lowest BCUT2D eigenvalue weighted by atomic mass is 10.1.